The SMILES string of the molecule is CCC(CO)O/N=C/C1=CCC=C(Br)C=N1. The topological polar surface area (TPSA) is 54.2 Å². The summed E-state index contributed by atoms with van der Waals surface area (Å²) in [5.41, 5.74) is 0.749. The molecule has 1 heterocycles. The van der Waals surface area contributed by atoms with Crippen molar-refractivity contribution in [1.82, 2.24) is 0 Å². The van der Waals surface area contributed by atoms with Gasteiger partial charge in [-0.1, -0.05) is 24.2 Å². The second-order valence-electron chi connectivity index (χ2n) is 3.26. The number of allylic oxidation sites excluding steroid dienone is 4. The monoisotopic (exact) mass is 286 g/mol. The number of aliphatic hydroxyl groups is 1. The number of nitrogens with zero attached hydrogens (tertiary/aromatic N) is 2. The Labute approximate surface area is 104 Å². The zero-order valence-corrected chi connectivity index (χ0v) is 10.7. The maximum Gasteiger partial charge on any atom is 0.150 e. The molecule has 0 aromatic heterocycles. The third-order valence-corrected chi connectivity index (χ3v) is 2.56. The number of halogens is 1. The summed E-state index contributed by atoms with van der Waals surface area (Å²) in [4.78, 5) is 9.27. The van der Waals surface area contributed by atoms with E-state index in [9.17, 15) is 0 Å². The molecule has 88 valence electrons. The number of aliphatic hydroxyl groups excluding tert-OH is 1. The summed E-state index contributed by atoms with van der Waals surface area (Å²) in [6, 6.07) is 0. The zero-order valence-electron chi connectivity index (χ0n) is 9.14. The Morgan fingerprint density at radius 1 is 1.69 bits per heavy atom. The van der Waals surface area contributed by atoms with Crippen molar-refractivity contribution in [3.05, 3.63) is 22.3 Å². The normalized spacial score (nSPS) is 17.9. The van der Waals surface area contributed by atoms with Crippen molar-refractivity contribution in [2.75, 3.05) is 6.61 Å². The molecule has 0 aromatic rings. The molecule has 1 aliphatic rings. The molecule has 0 saturated carbocycles. The molecule has 5 heteroatoms. The molecule has 1 aliphatic heterocycles. The second kappa shape index (κ2) is 7.35. The van der Waals surface area contributed by atoms with Gasteiger partial charge in [-0.25, -0.2) is 0 Å². The molecule has 1 N–H and O–H groups in total. The van der Waals surface area contributed by atoms with E-state index < -0.39 is 0 Å². The molecule has 0 saturated heterocycles. The highest BCUT2D eigenvalue weighted by atomic mass is 79.9. The van der Waals surface area contributed by atoms with E-state index in [2.05, 4.69) is 26.1 Å². The Morgan fingerprint density at radius 3 is 3.19 bits per heavy atom. The van der Waals surface area contributed by atoms with Crippen LogP contribution < -0.4 is 0 Å². The van der Waals surface area contributed by atoms with Crippen molar-refractivity contribution in [2.45, 2.75) is 25.9 Å². The van der Waals surface area contributed by atoms with Crippen molar-refractivity contribution in [3.8, 4) is 0 Å². The first-order valence-electron chi connectivity index (χ1n) is 5.16. The van der Waals surface area contributed by atoms with Crippen LogP contribution in [0.15, 0.2) is 32.5 Å². The molecule has 4 nitrogen and oxygen atoms in total. The van der Waals surface area contributed by atoms with Gasteiger partial charge in [0.15, 0.2) is 0 Å². The average Bonchev–Trinajstić information content (AvgIpc) is 2.50. The van der Waals surface area contributed by atoms with Crippen molar-refractivity contribution < 1.29 is 9.94 Å². The van der Waals surface area contributed by atoms with Gasteiger partial charge in [0.25, 0.3) is 0 Å². The third kappa shape index (κ3) is 4.72. The summed E-state index contributed by atoms with van der Waals surface area (Å²) in [7, 11) is 0. The van der Waals surface area contributed by atoms with Gasteiger partial charge in [0.2, 0.25) is 0 Å². The van der Waals surface area contributed by atoms with Gasteiger partial charge < -0.3 is 9.94 Å². The van der Waals surface area contributed by atoms with Gasteiger partial charge in [0.1, 0.15) is 6.10 Å². The van der Waals surface area contributed by atoms with Gasteiger partial charge in [-0.3, -0.25) is 4.99 Å². The minimum Gasteiger partial charge on any atom is -0.392 e. The van der Waals surface area contributed by atoms with Crippen LogP contribution >= 0.6 is 15.9 Å². The van der Waals surface area contributed by atoms with E-state index in [0.29, 0.717) is 0 Å². The van der Waals surface area contributed by atoms with E-state index in [1.807, 2.05) is 19.1 Å². The van der Waals surface area contributed by atoms with E-state index in [4.69, 9.17) is 9.94 Å². The maximum absolute atomic E-state index is 8.89. The summed E-state index contributed by atoms with van der Waals surface area (Å²) in [5.74, 6) is 0. The first-order chi connectivity index (χ1) is 7.76. The first-order valence-corrected chi connectivity index (χ1v) is 5.95. The molecule has 1 rings (SSSR count). The van der Waals surface area contributed by atoms with Gasteiger partial charge in [0.05, 0.1) is 18.5 Å². The minimum absolute atomic E-state index is 0.0245. The minimum atomic E-state index is -0.239. The fourth-order valence-electron chi connectivity index (χ4n) is 1.03. The zero-order chi connectivity index (χ0) is 11.8. The second-order valence-corrected chi connectivity index (χ2v) is 4.18. The van der Waals surface area contributed by atoms with Crippen LogP contribution in [0.3, 0.4) is 0 Å². The molecule has 0 amide bonds. The molecule has 0 aromatic carbocycles. The fraction of sp³-hybridized carbons (Fsp3) is 0.455. The number of oxime groups is 1. The molecule has 16 heavy (non-hydrogen) atoms. The lowest BCUT2D eigenvalue weighted by molar-refractivity contribution is 0.0155. The maximum atomic E-state index is 8.89. The summed E-state index contributed by atoms with van der Waals surface area (Å²) in [6.45, 7) is 1.91. The largest absolute Gasteiger partial charge is 0.392 e. The molecule has 0 fully saturated rings. The molecular weight excluding hydrogens is 272 g/mol. The van der Waals surface area contributed by atoms with E-state index in [1.54, 1.807) is 12.4 Å². The van der Waals surface area contributed by atoms with Crippen LogP contribution in [0.4, 0.5) is 0 Å². The number of aliphatic imine (C=N–C) groups is 1. The van der Waals surface area contributed by atoms with Crippen molar-refractivity contribution in [3.63, 3.8) is 0 Å². The molecule has 0 bridgehead atoms. The number of hydrogen-bond donors (Lipinski definition) is 1. The number of hydrogen-bond acceptors (Lipinski definition) is 4. The fourth-order valence-corrected chi connectivity index (χ4v) is 1.32. The molecule has 1 atom stereocenters. The molecule has 0 aliphatic carbocycles. The Hall–Kier alpha value is -0.940. The predicted molar refractivity (Wildman–Crippen MR) is 68.9 cm³/mol. The lowest BCUT2D eigenvalue weighted by Crippen LogP contribution is -2.13. The van der Waals surface area contributed by atoms with Crippen molar-refractivity contribution in [2.24, 2.45) is 10.1 Å². The highest BCUT2D eigenvalue weighted by Gasteiger charge is 2.03. The van der Waals surface area contributed by atoms with Gasteiger partial charge in [-0.15, -0.1) is 0 Å². The molecule has 0 radical (unpaired) electrons. The van der Waals surface area contributed by atoms with Crippen LogP contribution in [0.1, 0.15) is 19.8 Å². The summed E-state index contributed by atoms with van der Waals surface area (Å²) < 4.78 is 0.954. The van der Waals surface area contributed by atoms with Gasteiger partial charge in [-0.2, -0.15) is 0 Å². The van der Waals surface area contributed by atoms with E-state index in [1.165, 1.54) is 0 Å². The molecule has 0 spiro atoms. The van der Waals surface area contributed by atoms with E-state index >= 15 is 0 Å². The quantitative estimate of drug-likeness (QED) is 0.623. The summed E-state index contributed by atoms with van der Waals surface area (Å²) in [5, 5.41) is 12.7. The summed E-state index contributed by atoms with van der Waals surface area (Å²) >= 11 is 3.35. The number of rotatable bonds is 5. The molecular formula is C11H15BrN2O2. The Bertz CT molecular complexity index is 331. The van der Waals surface area contributed by atoms with E-state index in [0.717, 1.165) is 23.0 Å². The van der Waals surface area contributed by atoms with Crippen molar-refractivity contribution in [1.29, 1.82) is 0 Å². The first kappa shape index (κ1) is 13.1. The van der Waals surface area contributed by atoms with Gasteiger partial charge in [-0.05, 0) is 28.8 Å². The predicted octanol–water partition coefficient (Wildman–Crippen LogP) is 2.40. The van der Waals surface area contributed by atoms with Gasteiger partial charge >= 0.3 is 0 Å². The smallest absolute Gasteiger partial charge is 0.150 e. The highest BCUT2D eigenvalue weighted by molar-refractivity contribution is 9.12. The van der Waals surface area contributed by atoms with Gasteiger partial charge in [0, 0.05) is 10.7 Å². The third-order valence-electron chi connectivity index (χ3n) is 2.03. The van der Waals surface area contributed by atoms with Crippen molar-refractivity contribution >= 4 is 28.4 Å². The van der Waals surface area contributed by atoms with Crippen LogP contribution in [-0.2, 0) is 4.84 Å². The van der Waals surface area contributed by atoms with Crippen LogP contribution in [0, 0.1) is 0 Å². The summed E-state index contributed by atoms with van der Waals surface area (Å²) in [6.07, 6.45) is 8.51. The Kier molecular flexibility index (Phi) is 6.03. The van der Waals surface area contributed by atoms with Crippen LogP contribution in [-0.4, -0.2) is 30.2 Å². The lowest BCUT2D eigenvalue weighted by Gasteiger charge is -2.07. The standard InChI is InChI=1S/C11H15BrN2O2/c1-2-11(8-15)16-14-7-10-5-3-4-9(12)6-13-10/h4-7,11,15H,2-3,8H2,1H3/b14-7+. The Morgan fingerprint density at radius 2 is 2.50 bits per heavy atom. The lowest BCUT2D eigenvalue weighted by atomic mass is 10.3. The highest BCUT2D eigenvalue weighted by Crippen LogP contribution is 2.10. The Balaban J connectivity index is 2.46. The molecule has 1 unspecified atom stereocenters. The van der Waals surface area contributed by atoms with Crippen LogP contribution in [0.5, 0.6) is 0 Å². The average molecular weight is 287 g/mol. The van der Waals surface area contributed by atoms with Crippen LogP contribution in [0.25, 0.3) is 0 Å². The van der Waals surface area contributed by atoms with E-state index in [-0.39, 0.29) is 12.7 Å². The van der Waals surface area contributed by atoms with Crippen LogP contribution in [0.2, 0.25) is 0 Å².